The maximum absolute atomic E-state index is 12.1. The van der Waals surface area contributed by atoms with Crippen molar-refractivity contribution < 1.29 is 4.79 Å². The van der Waals surface area contributed by atoms with E-state index in [-0.39, 0.29) is 0 Å². The Hall–Kier alpha value is -3.32. The lowest BCUT2D eigenvalue weighted by molar-refractivity contribution is 0.256. The second-order valence-electron chi connectivity index (χ2n) is 6.04. The molecule has 2 amide bonds. The normalized spacial score (nSPS) is 10.9. The first kappa shape index (κ1) is 17.1. The molecule has 0 radical (unpaired) electrons. The number of carbonyl (C=O) groups is 1. The number of aromatic amines is 1. The molecule has 1 heterocycles. The van der Waals surface area contributed by atoms with Gasteiger partial charge in [0.25, 0.3) is 0 Å². The van der Waals surface area contributed by atoms with Gasteiger partial charge in [-0.15, -0.1) is 0 Å². The number of nitrogens with one attached hydrogen (secondary N) is 1. The summed E-state index contributed by atoms with van der Waals surface area (Å²) >= 11 is 3.42. The molecule has 6 nitrogen and oxygen atoms in total. The minimum absolute atomic E-state index is 0.456. The number of halogens is 1. The highest BCUT2D eigenvalue weighted by atomic mass is 79.9. The first-order chi connectivity index (χ1) is 13.0. The second kappa shape index (κ2) is 6.77. The van der Waals surface area contributed by atoms with E-state index < -0.39 is 6.03 Å². The molecule has 0 spiro atoms. The SMILES string of the molecule is NC(=O)N(c1ccc(-c2cccc3[nH]nc(N)c23)cc1)c1cccc(Br)c1. The number of primary amides is 1. The maximum atomic E-state index is 12.1. The van der Waals surface area contributed by atoms with Crippen molar-refractivity contribution in [2.45, 2.75) is 0 Å². The summed E-state index contributed by atoms with van der Waals surface area (Å²) in [6, 6.07) is 20.3. The van der Waals surface area contributed by atoms with Crippen molar-refractivity contribution in [2.24, 2.45) is 5.73 Å². The summed E-state index contributed by atoms with van der Waals surface area (Å²) in [6.07, 6.45) is 0. The largest absolute Gasteiger partial charge is 0.382 e. The molecule has 0 aliphatic carbocycles. The van der Waals surface area contributed by atoms with Gasteiger partial charge in [-0.25, -0.2) is 4.79 Å². The third-order valence-electron chi connectivity index (χ3n) is 4.34. The summed E-state index contributed by atoms with van der Waals surface area (Å²) in [4.78, 5) is 13.5. The fourth-order valence-electron chi connectivity index (χ4n) is 3.15. The highest BCUT2D eigenvalue weighted by Crippen LogP contribution is 2.34. The van der Waals surface area contributed by atoms with Crippen LogP contribution in [0.4, 0.5) is 22.0 Å². The average Bonchev–Trinajstić information content (AvgIpc) is 3.04. The molecule has 0 atom stereocenters. The average molecular weight is 422 g/mol. The van der Waals surface area contributed by atoms with Gasteiger partial charge in [0.15, 0.2) is 5.82 Å². The van der Waals surface area contributed by atoms with E-state index in [1.165, 1.54) is 4.90 Å². The van der Waals surface area contributed by atoms with Gasteiger partial charge in [-0.05, 0) is 47.5 Å². The summed E-state index contributed by atoms with van der Waals surface area (Å²) < 4.78 is 0.866. The van der Waals surface area contributed by atoms with Crippen LogP contribution in [0.2, 0.25) is 0 Å². The van der Waals surface area contributed by atoms with Crippen LogP contribution in [0.15, 0.2) is 71.2 Å². The van der Waals surface area contributed by atoms with Gasteiger partial charge in [0.1, 0.15) is 0 Å². The molecule has 3 aromatic carbocycles. The Balaban J connectivity index is 1.76. The van der Waals surface area contributed by atoms with E-state index in [1.807, 2.05) is 66.7 Å². The monoisotopic (exact) mass is 421 g/mol. The van der Waals surface area contributed by atoms with Crippen LogP contribution in [-0.2, 0) is 0 Å². The molecule has 0 bridgehead atoms. The Morgan fingerprint density at radius 1 is 1.00 bits per heavy atom. The summed E-state index contributed by atoms with van der Waals surface area (Å²) in [6.45, 7) is 0. The Morgan fingerprint density at radius 3 is 2.44 bits per heavy atom. The molecule has 4 aromatic rings. The van der Waals surface area contributed by atoms with Gasteiger partial charge in [-0.2, -0.15) is 5.10 Å². The van der Waals surface area contributed by atoms with E-state index in [4.69, 9.17) is 11.5 Å². The number of nitrogens with two attached hydrogens (primary N) is 2. The number of aromatic nitrogens is 2. The van der Waals surface area contributed by atoms with E-state index >= 15 is 0 Å². The lowest BCUT2D eigenvalue weighted by Gasteiger charge is -2.21. The van der Waals surface area contributed by atoms with Crippen molar-refractivity contribution in [3.63, 3.8) is 0 Å². The standard InChI is InChI=1S/C20H16BrN5O/c21-13-3-1-4-15(11-13)26(20(23)27)14-9-7-12(8-10-14)16-5-2-6-17-18(16)19(22)25-24-17/h1-11H,(H2,23,27)(H3,22,24,25). The number of rotatable bonds is 3. The zero-order valence-electron chi connectivity index (χ0n) is 14.2. The number of hydrogen-bond acceptors (Lipinski definition) is 3. The van der Waals surface area contributed by atoms with E-state index in [1.54, 1.807) is 0 Å². The van der Waals surface area contributed by atoms with Gasteiger partial charge in [-0.3, -0.25) is 10.00 Å². The van der Waals surface area contributed by atoms with Crippen molar-refractivity contribution in [1.29, 1.82) is 0 Å². The molecule has 0 aliphatic heterocycles. The molecule has 7 heteroatoms. The topological polar surface area (TPSA) is 101 Å². The van der Waals surface area contributed by atoms with Gasteiger partial charge in [0.2, 0.25) is 0 Å². The number of fused-ring (bicyclic) bond motifs is 1. The first-order valence-corrected chi connectivity index (χ1v) is 9.02. The van der Waals surface area contributed by atoms with Crippen molar-refractivity contribution in [2.75, 3.05) is 10.6 Å². The predicted octanol–water partition coefficient (Wildman–Crippen LogP) is 4.79. The Kier molecular flexibility index (Phi) is 4.29. The molecular weight excluding hydrogens is 406 g/mol. The fourth-order valence-corrected chi connectivity index (χ4v) is 3.53. The number of anilines is 3. The van der Waals surface area contributed by atoms with Gasteiger partial charge in [-0.1, -0.05) is 46.3 Å². The Bertz CT molecular complexity index is 1140. The quantitative estimate of drug-likeness (QED) is 0.442. The molecule has 4 rings (SSSR count). The molecule has 0 saturated carbocycles. The van der Waals surface area contributed by atoms with Crippen LogP contribution in [0.3, 0.4) is 0 Å². The molecule has 0 aliphatic rings. The summed E-state index contributed by atoms with van der Waals surface area (Å²) in [5, 5.41) is 7.88. The third-order valence-corrected chi connectivity index (χ3v) is 4.83. The van der Waals surface area contributed by atoms with Crippen molar-refractivity contribution in [3.05, 3.63) is 71.2 Å². The molecule has 0 fully saturated rings. The number of amides is 2. The maximum Gasteiger partial charge on any atom is 0.323 e. The zero-order valence-corrected chi connectivity index (χ0v) is 15.8. The van der Waals surface area contributed by atoms with Gasteiger partial charge in [0, 0.05) is 4.47 Å². The number of hydrogen-bond donors (Lipinski definition) is 3. The highest BCUT2D eigenvalue weighted by Gasteiger charge is 2.16. The van der Waals surface area contributed by atoms with E-state index in [0.717, 1.165) is 26.5 Å². The molecule has 5 N–H and O–H groups in total. The molecule has 0 saturated heterocycles. The third kappa shape index (κ3) is 3.13. The van der Waals surface area contributed by atoms with Crippen LogP contribution in [0, 0.1) is 0 Å². The van der Waals surface area contributed by atoms with Crippen LogP contribution in [0.25, 0.3) is 22.0 Å². The molecular formula is C20H16BrN5O. The van der Waals surface area contributed by atoms with Crippen LogP contribution in [0.5, 0.6) is 0 Å². The van der Waals surface area contributed by atoms with Crippen molar-refractivity contribution in [3.8, 4) is 11.1 Å². The fraction of sp³-hybridized carbons (Fsp3) is 0. The van der Waals surface area contributed by atoms with Crippen molar-refractivity contribution >= 4 is 50.1 Å². The minimum Gasteiger partial charge on any atom is -0.382 e. The van der Waals surface area contributed by atoms with Gasteiger partial charge >= 0.3 is 6.03 Å². The van der Waals surface area contributed by atoms with E-state index in [2.05, 4.69) is 26.1 Å². The second-order valence-corrected chi connectivity index (χ2v) is 6.95. The molecule has 0 unspecified atom stereocenters. The zero-order chi connectivity index (χ0) is 19.0. The Morgan fingerprint density at radius 2 is 1.74 bits per heavy atom. The number of urea groups is 1. The van der Waals surface area contributed by atoms with Crippen LogP contribution in [-0.4, -0.2) is 16.2 Å². The first-order valence-electron chi connectivity index (χ1n) is 8.23. The predicted molar refractivity (Wildman–Crippen MR) is 112 cm³/mol. The smallest absolute Gasteiger partial charge is 0.323 e. The Labute approximate surface area is 163 Å². The number of nitrogen functional groups attached to an aromatic ring is 1. The summed E-state index contributed by atoms with van der Waals surface area (Å²) in [5.74, 6) is 0.456. The minimum atomic E-state index is -0.554. The van der Waals surface area contributed by atoms with Crippen LogP contribution < -0.4 is 16.4 Å². The van der Waals surface area contributed by atoms with Crippen LogP contribution >= 0.6 is 15.9 Å². The van der Waals surface area contributed by atoms with Gasteiger partial charge in [0.05, 0.1) is 22.3 Å². The number of carbonyl (C=O) groups excluding carboxylic acids is 1. The number of nitrogens with zero attached hydrogens (tertiary/aromatic N) is 2. The summed E-state index contributed by atoms with van der Waals surface area (Å²) in [5.41, 5.74) is 15.8. The lowest BCUT2D eigenvalue weighted by atomic mass is 10.0. The van der Waals surface area contributed by atoms with E-state index in [9.17, 15) is 4.79 Å². The molecule has 1 aromatic heterocycles. The van der Waals surface area contributed by atoms with E-state index in [0.29, 0.717) is 17.2 Å². The number of H-pyrrole nitrogens is 1. The van der Waals surface area contributed by atoms with Gasteiger partial charge < -0.3 is 11.5 Å². The number of benzene rings is 3. The highest BCUT2D eigenvalue weighted by molar-refractivity contribution is 9.10. The van der Waals surface area contributed by atoms with Crippen molar-refractivity contribution in [1.82, 2.24) is 10.2 Å². The lowest BCUT2D eigenvalue weighted by Crippen LogP contribution is -2.31. The molecule has 134 valence electrons. The summed E-state index contributed by atoms with van der Waals surface area (Å²) in [7, 11) is 0. The molecule has 27 heavy (non-hydrogen) atoms. The van der Waals surface area contributed by atoms with Crippen LogP contribution in [0.1, 0.15) is 0 Å².